The first kappa shape index (κ1) is 11.2. The molecule has 0 N–H and O–H groups in total. The van der Waals surface area contributed by atoms with Crippen LogP contribution in [0.2, 0.25) is 0 Å². The van der Waals surface area contributed by atoms with Gasteiger partial charge in [0.2, 0.25) is 0 Å². The lowest BCUT2D eigenvalue weighted by Gasteiger charge is -2.04. The predicted octanol–water partition coefficient (Wildman–Crippen LogP) is 1.55. The van der Waals surface area contributed by atoms with Gasteiger partial charge in [0.15, 0.2) is 0 Å². The lowest BCUT2D eigenvalue weighted by Crippen LogP contribution is -2.21. The Morgan fingerprint density at radius 2 is 1.94 bits per heavy atom. The number of hydrogen-bond acceptors (Lipinski definition) is 2. The fourth-order valence-corrected chi connectivity index (χ4v) is 1.87. The highest BCUT2D eigenvalue weighted by Crippen LogP contribution is 2.10. The molecule has 2 aromatic rings. The maximum atomic E-state index is 11.9. The van der Waals surface area contributed by atoms with Crippen LogP contribution in [0.25, 0.3) is 5.69 Å². The lowest BCUT2D eigenvalue weighted by molar-refractivity contribution is 0.820. The summed E-state index contributed by atoms with van der Waals surface area (Å²) in [4.78, 5) is 11.9. The van der Waals surface area contributed by atoms with Gasteiger partial charge in [-0.05, 0) is 24.6 Å². The van der Waals surface area contributed by atoms with Gasteiger partial charge < -0.3 is 4.57 Å². The number of benzene rings is 1. The van der Waals surface area contributed by atoms with Crippen LogP contribution in [0.1, 0.15) is 11.3 Å². The molecule has 1 heterocycles. The third kappa shape index (κ3) is 2.00. The largest absolute Gasteiger partial charge is 0.332 e. The van der Waals surface area contributed by atoms with Crippen molar-refractivity contribution in [1.29, 1.82) is 5.26 Å². The molecular weight excluding hydrogens is 214 g/mol. The van der Waals surface area contributed by atoms with Crippen molar-refractivity contribution in [2.75, 3.05) is 0 Å². The molecule has 17 heavy (non-hydrogen) atoms. The molecule has 0 atom stereocenters. The number of imidazole rings is 1. The smallest absolute Gasteiger partial charge is 0.302 e. The molecule has 0 unspecified atom stereocenters. The second kappa shape index (κ2) is 4.30. The molecule has 2 rings (SSSR count). The molecule has 4 nitrogen and oxygen atoms in total. The minimum Gasteiger partial charge on any atom is -0.302 e. The highest BCUT2D eigenvalue weighted by Gasteiger charge is 2.07. The first-order valence-electron chi connectivity index (χ1n) is 5.34. The van der Waals surface area contributed by atoms with Crippen LogP contribution in [0.4, 0.5) is 0 Å². The summed E-state index contributed by atoms with van der Waals surface area (Å²) in [6, 6.07) is 9.57. The van der Waals surface area contributed by atoms with Crippen LogP contribution in [-0.4, -0.2) is 9.13 Å². The van der Waals surface area contributed by atoms with Gasteiger partial charge >= 0.3 is 5.69 Å². The number of hydrogen-bond donors (Lipinski definition) is 0. The van der Waals surface area contributed by atoms with Gasteiger partial charge in [0.1, 0.15) is 0 Å². The van der Waals surface area contributed by atoms with E-state index in [2.05, 4.69) is 6.07 Å². The van der Waals surface area contributed by atoms with Gasteiger partial charge in [0.05, 0.1) is 18.2 Å². The van der Waals surface area contributed by atoms with Gasteiger partial charge in [-0.25, -0.2) is 4.79 Å². The second-order valence-electron chi connectivity index (χ2n) is 4.00. The monoisotopic (exact) mass is 227 g/mol. The van der Waals surface area contributed by atoms with E-state index in [0.717, 1.165) is 16.9 Å². The van der Waals surface area contributed by atoms with Crippen molar-refractivity contribution in [3.63, 3.8) is 0 Å². The molecule has 0 radical (unpaired) electrons. The van der Waals surface area contributed by atoms with Crippen LogP contribution in [-0.2, 0) is 13.5 Å². The van der Waals surface area contributed by atoms with Gasteiger partial charge in [-0.1, -0.05) is 12.1 Å². The van der Waals surface area contributed by atoms with Crippen molar-refractivity contribution in [3.8, 4) is 11.8 Å². The van der Waals surface area contributed by atoms with E-state index in [9.17, 15) is 4.79 Å². The van der Waals surface area contributed by atoms with Crippen LogP contribution >= 0.6 is 0 Å². The molecule has 0 amide bonds. The van der Waals surface area contributed by atoms with Crippen molar-refractivity contribution in [1.82, 2.24) is 9.13 Å². The molecule has 1 aromatic heterocycles. The van der Waals surface area contributed by atoms with E-state index in [1.807, 2.05) is 31.2 Å². The van der Waals surface area contributed by atoms with Crippen LogP contribution < -0.4 is 5.69 Å². The molecule has 86 valence electrons. The van der Waals surface area contributed by atoms with E-state index in [-0.39, 0.29) is 5.69 Å². The average Bonchev–Trinajstić information content (AvgIpc) is 2.55. The Morgan fingerprint density at radius 3 is 2.41 bits per heavy atom. The standard InChI is InChI=1S/C13H13N3O/c1-10-9-15(2)13(17)16(10)12-5-3-11(4-6-12)7-8-14/h3-6,9H,7H2,1-2H3. The summed E-state index contributed by atoms with van der Waals surface area (Å²) in [7, 11) is 1.73. The summed E-state index contributed by atoms with van der Waals surface area (Å²) in [6.07, 6.45) is 2.19. The van der Waals surface area contributed by atoms with Gasteiger partial charge in [-0.15, -0.1) is 0 Å². The van der Waals surface area contributed by atoms with Crippen molar-refractivity contribution in [2.45, 2.75) is 13.3 Å². The summed E-state index contributed by atoms with van der Waals surface area (Å²) in [6.45, 7) is 1.89. The van der Waals surface area contributed by atoms with Crippen molar-refractivity contribution in [2.24, 2.45) is 7.05 Å². The predicted molar refractivity (Wildman–Crippen MR) is 65.1 cm³/mol. The number of aromatic nitrogens is 2. The lowest BCUT2D eigenvalue weighted by atomic mass is 10.1. The third-order valence-corrected chi connectivity index (χ3v) is 2.70. The summed E-state index contributed by atoms with van der Waals surface area (Å²) < 4.78 is 3.20. The molecule has 0 aliphatic heterocycles. The van der Waals surface area contributed by atoms with Crippen molar-refractivity contribution < 1.29 is 0 Å². The zero-order chi connectivity index (χ0) is 12.4. The number of nitrogens with zero attached hydrogens (tertiary/aromatic N) is 3. The van der Waals surface area contributed by atoms with E-state index in [4.69, 9.17) is 5.26 Å². The minimum absolute atomic E-state index is 0.0597. The number of nitriles is 1. The molecule has 0 aliphatic carbocycles. The van der Waals surface area contributed by atoms with Gasteiger partial charge in [-0.3, -0.25) is 4.57 Å². The zero-order valence-electron chi connectivity index (χ0n) is 9.84. The fourth-order valence-electron chi connectivity index (χ4n) is 1.87. The van der Waals surface area contributed by atoms with Gasteiger partial charge in [-0.2, -0.15) is 5.26 Å². The Bertz CT molecular complexity index is 626. The molecule has 0 fully saturated rings. The maximum Gasteiger partial charge on any atom is 0.332 e. The SMILES string of the molecule is Cc1cn(C)c(=O)n1-c1ccc(CC#N)cc1. The van der Waals surface area contributed by atoms with Crippen LogP contribution in [0.3, 0.4) is 0 Å². The minimum atomic E-state index is -0.0597. The van der Waals surface area contributed by atoms with Crippen molar-refractivity contribution in [3.05, 3.63) is 52.2 Å². The third-order valence-electron chi connectivity index (χ3n) is 2.70. The topological polar surface area (TPSA) is 50.7 Å². The van der Waals surface area contributed by atoms with Crippen LogP contribution in [0.15, 0.2) is 35.3 Å². The molecule has 0 saturated heterocycles. The normalized spacial score (nSPS) is 10.2. The zero-order valence-corrected chi connectivity index (χ0v) is 9.84. The van der Waals surface area contributed by atoms with E-state index in [1.54, 1.807) is 22.4 Å². The van der Waals surface area contributed by atoms with Crippen LogP contribution in [0.5, 0.6) is 0 Å². The molecule has 0 saturated carbocycles. The summed E-state index contributed by atoms with van der Waals surface area (Å²) in [5.74, 6) is 0. The molecular formula is C13H13N3O. The van der Waals surface area contributed by atoms with Gasteiger partial charge in [0.25, 0.3) is 0 Å². The fraction of sp³-hybridized carbons (Fsp3) is 0.231. The number of aryl methyl sites for hydroxylation is 2. The summed E-state index contributed by atoms with van der Waals surface area (Å²) in [5, 5.41) is 8.59. The van der Waals surface area contributed by atoms with Crippen molar-refractivity contribution >= 4 is 0 Å². The molecule has 4 heteroatoms. The van der Waals surface area contributed by atoms with Gasteiger partial charge in [0, 0.05) is 18.9 Å². The summed E-state index contributed by atoms with van der Waals surface area (Å²) >= 11 is 0. The van der Waals surface area contributed by atoms with E-state index < -0.39 is 0 Å². The van der Waals surface area contributed by atoms with E-state index >= 15 is 0 Å². The Labute approximate surface area is 99.4 Å². The first-order chi connectivity index (χ1) is 8.13. The molecule has 0 bridgehead atoms. The Kier molecular flexibility index (Phi) is 2.84. The number of rotatable bonds is 2. The van der Waals surface area contributed by atoms with E-state index in [0.29, 0.717) is 6.42 Å². The quantitative estimate of drug-likeness (QED) is 0.781. The Balaban J connectivity index is 2.47. The molecule has 0 spiro atoms. The maximum absolute atomic E-state index is 11.9. The molecule has 0 aliphatic rings. The van der Waals surface area contributed by atoms with E-state index in [1.165, 1.54) is 0 Å². The Morgan fingerprint density at radius 1 is 1.29 bits per heavy atom. The molecule has 1 aromatic carbocycles. The highest BCUT2D eigenvalue weighted by atomic mass is 16.1. The van der Waals surface area contributed by atoms with Crippen LogP contribution in [0, 0.1) is 18.3 Å². The highest BCUT2D eigenvalue weighted by molar-refractivity contribution is 5.36. The Hall–Kier alpha value is -2.28. The first-order valence-corrected chi connectivity index (χ1v) is 5.34. The summed E-state index contributed by atoms with van der Waals surface area (Å²) in [5.41, 5.74) is 2.62. The average molecular weight is 227 g/mol. The second-order valence-corrected chi connectivity index (χ2v) is 4.00.